The fourth-order valence-corrected chi connectivity index (χ4v) is 2.84. The summed E-state index contributed by atoms with van der Waals surface area (Å²) >= 11 is 0. The zero-order valence-electron chi connectivity index (χ0n) is 18.8. The molecule has 1 rings (SSSR count). The number of aliphatic carboxylic acids is 3. The Morgan fingerprint density at radius 1 is 0.861 bits per heavy atom. The number of nitrogens with zero attached hydrogens (tertiary/aromatic N) is 1. The van der Waals surface area contributed by atoms with Gasteiger partial charge < -0.3 is 47.7 Å². The average Bonchev–Trinajstić information content (AvgIpc) is 3.28. The summed E-state index contributed by atoms with van der Waals surface area (Å²) in [6.45, 7) is 0. The third kappa shape index (κ3) is 10.6. The van der Waals surface area contributed by atoms with Crippen LogP contribution in [0.15, 0.2) is 12.5 Å². The molecule has 4 unspecified atom stereocenters. The van der Waals surface area contributed by atoms with Crippen molar-refractivity contribution in [3.05, 3.63) is 18.2 Å². The summed E-state index contributed by atoms with van der Waals surface area (Å²) in [7, 11) is 0. The summed E-state index contributed by atoms with van der Waals surface area (Å²) in [4.78, 5) is 88.6. The van der Waals surface area contributed by atoms with Crippen molar-refractivity contribution in [2.45, 2.75) is 56.3 Å². The quantitative estimate of drug-likeness (QED) is 0.102. The molecule has 0 saturated carbocycles. The van der Waals surface area contributed by atoms with E-state index in [9.17, 15) is 33.6 Å². The number of hydrogen-bond donors (Lipinski definition) is 9. The fraction of sp³-hybridized carbons (Fsp3) is 0.474. The third-order valence-electron chi connectivity index (χ3n) is 4.66. The number of primary amides is 1. The number of aromatic amines is 1. The number of carboxylic acid groups (broad SMARTS) is 3. The first-order valence-electron chi connectivity index (χ1n) is 10.4. The molecule has 0 aliphatic heterocycles. The van der Waals surface area contributed by atoms with Crippen molar-refractivity contribution >= 4 is 41.5 Å². The number of hydrogen-bond acceptors (Lipinski definition) is 9. The van der Waals surface area contributed by atoms with Crippen LogP contribution in [0.25, 0.3) is 0 Å². The Labute approximate surface area is 203 Å². The van der Waals surface area contributed by atoms with E-state index in [1.807, 2.05) is 5.32 Å². The minimum Gasteiger partial charge on any atom is -0.481 e. The zero-order chi connectivity index (χ0) is 27.4. The Bertz CT molecular complexity index is 981. The first-order chi connectivity index (χ1) is 16.8. The average molecular weight is 513 g/mol. The summed E-state index contributed by atoms with van der Waals surface area (Å²) < 4.78 is 0. The van der Waals surface area contributed by atoms with Gasteiger partial charge in [0.05, 0.1) is 25.2 Å². The predicted octanol–water partition coefficient (Wildman–Crippen LogP) is -3.97. The van der Waals surface area contributed by atoms with Crippen LogP contribution in [0.3, 0.4) is 0 Å². The van der Waals surface area contributed by atoms with Crippen LogP contribution in [-0.4, -0.2) is 91.0 Å². The van der Waals surface area contributed by atoms with Crippen molar-refractivity contribution in [2.75, 3.05) is 0 Å². The lowest BCUT2D eigenvalue weighted by Gasteiger charge is -2.24. The molecule has 4 atom stereocenters. The number of carbonyl (C=O) groups is 7. The van der Waals surface area contributed by atoms with Crippen molar-refractivity contribution in [3.63, 3.8) is 0 Å². The minimum atomic E-state index is -1.90. The van der Waals surface area contributed by atoms with E-state index in [0.717, 1.165) is 0 Å². The summed E-state index contributed by atoms with van der Waals surface area (Å²) in [5.74, 6) is -8.63. The van der Waals surface area contributed by atoms with Crippen LogP contribution in [0.4, 0.5) is 0 Å². The Balaban J connectivity index is 3.06. The molecule has 0 saturated heterocycles. The van der Waals surface area contributed by atoms with Gasteiger partial charge in [0, 0.05) is 24.7 Å². The highest BCUT2D eigenvalue weighted by Crippen LogP contribution is 2.04. The molecule has 0 aliphatic carbocycles. The van der Waals surface area contributed by atoms with E-state index in [4.69, 9.17) is 26.8 Å². The molecule has 0 fully saturated rings. The van der Waals surface area contributed by atoms with Gasteiger partial charge in [0.2, 0.25) is 23.6 Å². The van der Waals surface area contributed by atoms with Crippen LogP contribution in [-0.2, 0) is 40.0 Å². The SMILES string of the molecule is NC(=O)CCC(N)C(=O)NC(Cc1cnc[nH]1)C(=O)NC(CC(=O)O)C(=O)NC(CC(=O)O)C(=O)O. The number of carboxylic acids is 3. The van der Waals surface area contributed by atoms with Gasteiger partial charge in [-0.05, 0) is 6.42 Å². The number of imidazole rings is 1. The maximum atomic E-state index is 12.9. The van der Waals surface area contributed by atoms with E-state index in [2.05, 4.69) is 20.6 Å². The Morgan fingerprint density at radius 3 is 1.89 bits per heavy atom. The first kappa shape index (κ1) is 29.5. The van der Waals surface area contributed by atoms with Crippen molar-refractivity contribution in [2.24, 2.45) is 11.5 Å². The van der Waals surface area contributed by atoms with Gasteiger partial charge in [-0.1, -0.05) is 0 Å². The van der Waals surface area contributed by atoms with E-state index in [1.165, 1.54) is 12.5 Å². The number of nitrogens with two attached hydrogens (primary N) is 2. The van der Waals surface area contributed by atoms with Gasteiger partial charge in [0.1, 0.15) is 18.1 Å². The standard InChI is InChI=1S/C19H27N7O10/c20-9(1-2-13(21)27)16(32)24-10(3-8-6-22-7-23-8)17(33)25-11(4-14(28)29)18(34)26-12(19(35)36)5-15(30)31/h6-7,9-12H,1-5,20H2,(H2,21,27)(H,22,23)(H,24,32)(H,25,33)(H,26,34)(H,28,29)(H,30,31)(H,35,36). The van der Waals surface area contributed by atoms with Crippen LogP contribution in [0.1, 0.15) is 31.4 Å². The molecule has 198 valence electrons. The number of amides is 4. The normalized spacial score (nSPS) is 13.9. The number of rotatable bonds is 16. The maximum absolute atomic E-state index is 12.9. The van der Waals surface area contributed by atoms with E-state index in [1.54, 1.807) is 0 Å². The van der Waals surface area contributed by atoms with Gasteiger partial charge in [-0.3, -0.25) is 28.8 Å². The molecule has 4 amide bonds. The number of carbonyl (C=O) groups excluding carboxylic acids is 4. The molecule has 0 radical (unpaired) electrons. The third-order valence-corrected chi connectivity index (χ3v) is 4.66. The largest absolute Gasteiger partial charge is 0.481 e. The Hall–Kier alpha value is -4.54. The minimum absolute atomic E-state index is 0.121. The van der Waals surface area contributed by atoms with E-state index < -0.39 is 78.5 Å². The highest BCUT2D eigenvalue weighted by Gasteiger charge is 2.32. The Morgan fingerprint density at radius 2 is 1.39 bits per heavy atom. The maximum Gasteiger partial charge on any atom is 0.326 e. The molecule has 17 heteroatoms. The van der Waals surface area contributed by atoms with Gasteiger partial charge in [0.15, 0.2) is 0 Å². The molecule has 0 bridgehead atoms. The topological polar surface area (TPSA) is 297 Å². The predicted molar refractivity (Wildman–Crippen MR) is 117 cm³/mol. The van der Waals surface area contributed by atoms with Gasteiger partial charge in [-0.15, -0.1) is 0 Å². The molecular formula is C19H27N7O10. The van der Waals surface area contributed by atoms with E-state index in [-0.39, 0.29) is 19.3 Å². The number of nitrogens with one attached hydrogen (secondary N) is 4. The monoisotopic (exact) mass is 513 g/mol. The second-order valence-electron chi connectivity index (χ2n) is 7.61. The molecule has 0 aromatic carbocycles. The second kappa shape index (κ2) is 14.0. The number of aromatic nitrogens is 2. The lowest BCUT2D eigenvalue weighted by molar-refractivity contribution is -0.148. The van der Waals surface area contributed by atoms with E-state index >= 15 is 0 Å². The smallest absolute Gasteiger partial charge is 0.326 e. The van der Waals surface area contributed by atoms with Crippen molar-refractivity contribution in [1.82, 2.24) is 25.9 Å². The zero-order valence-corrected chi connectivity index (χ0v) is 18.8. The van der Waals surface area contributed by atoms with Crippen LogP contribution >= 0.6 is 0 Å². The molecule has 11 N–H and O–H groups in total. The molecule has 1 aromatic rings. The summed E-state index contributed by atoms with van der Waals surface area (Å²) in [5, 5.41) is 33.3. The summed E-state index contributed by atoms with van der Waals surface area (Å²) in [6.07, 6.45) is 0.121. The van der Waals surface area contributed by atoms with Gasteiger partial charge >= 0.3 is 17.9 Å². The molecule has 1 aromatic heterocycles. The van der Waals surface area contributed by atoms with Gasteiger partial charge in [-0.2, -0.15) is 0 Å². The fourth-order valence-electron chi connectivity index (χ4n) is 2.84. The van der Waals surface area contributed by atoms with Crippen LogP contribution in [0.5, 0.6) is 0 Å². The summed E-state index contributed by atoms with van der Waals surface area (Å²) in [5.41, 5.74) is 11.1. The lowest BCUT2D eigenvalue weighted by atomic mass is 10.1. The van der Waals surface area contributed by atoms with Crippen molar-refractivity contribution in [1.29, 1.82) is 0 Å². The molecule has 1 heterocycles. The summed E-state index contributed by atoms with van der Waals surface area (Å²) in [6, 6.07) is -6.35. The van der Waals surface area contributed by atoms with Crippen molar-refractivity contribution < 1.29 is 48.9 Å². The van der Waals surface area contributed by atoms with Crippen LogP contribution in [0, 0.1) is 0 Å². The lowest BCUT2D eigenvalue weighted by Crippen LogP contribution is -2.58. The molecule has 17 nitrogen and oxygen atoms in total. The van der Waals surface area contributed by atoms with Crippen LogP contribution < -0.4 is 27.4 Å². The number of H-pyrrole nitrogens is 1. The van der Waals surface area contributed by atoms with Gasteiger partial charge in [0.25, 0.3) is 0 Å². The molecular weight excluding hydrogens is 486 g/mol. The highest BCUT2D eigenvalue weighted by molar-refractivity contribution is 5.96. The highest BCUT2D eigenvalue weighted by atomic mass is 16.4. The Kier molecular flexibility index (Phi) is 11.5. The van der Waals surface area contributed by atoms with Crippen molar-refractivity contribution in [3.8, 4) is 0 Å². The van der Waals surface area contributed by atoms with Gasteiger partial charge in [-0.25, -0.2) is 9.78 Å². The van der Waals surface area contributed by atoms with E-state index in [0.29, 0.717) is 5.69 Å². The molecule has 0 spiro atoms. The molecule has 36 heavy (non-hydrogen) atoms. The van der Waals surface area contributed by atoms with Crippen LogP contribution in [0.2, 0.25) is 0 Å². The molecule has 0 aliphatic rings. The second-order valence-corrected chi connectivity index (χ2v) is 7.61. The first-order valence-corrected chi connectivity index (χ1v) is 10.4.